The van der Waals surface area contributed by atoms with Gasteiger partial charge in [0.2, 0.25) is 0 Å². The van der Waals surface area contributed by atoms with E-state index in [1.165, 1.54) is 12.8 Å². The Balaban J connectivity index is 1.37. The minimum absolute atomic E-state index is 0.567. The molecule has 1 aliphatic carbocycles. The summed E-state index contributed by atoms with van der Waals surface area (Å²) in [5, 5.41) is 11.8. The summed E-state index contributed by atoms with van der Waals surface area (Å²) in [4.78, 5) is 21.5. The van der Waals surface area contributed by atoms with Gasteiger partial charge in [-0.3, -0.25) is 15.1 Å². The predicted molar refractivity (Wildman–Crippen MR) is 146 cm³/mol. The number of H-pyrrole nitrogens is 2. The fourth-order valence-electron chi connectivity index (χ4n) is 4.43. The standard InChI is InChI=1S/C29H26N8/c1-4-5-24(20-8-10-30-11-9-20)26-18(3)34-29(35-26)27-25-13-22(15-32-28(25)37-36-27)21-12-23(16-31-14-21)33-17(2)19-6-7-19/h4-5,8-16,19,33H,1-2,6-7H2,3H3,(H,34,35)(H,32,36,37)/b24-5-. The zero-order valence-corrected chi connectivity index (χ0v) is 20.5. The lowest BCUT2D eigenvalue weighted by atomic mass is 10.0. The molecule has 5 aromatic rings. The highest BCUT2D eigenvalue weighted by molar-refractivity contribution is 5.92. The normalized spacial score (nSPS) is 13.6. The van der Waals surface area contributed by atoms with Gasteiger partial charge in [-0.15, -0.1) is 0 Å². The second-order valence-corrected chi connectivity index (χ2v) is 9.19. The third-order valence-corrected chi connectivity index (χ3v) is 6.51. The van der Waals surface area contributed by atoms with Crippen LogP contribution in [0.3, 0.4) is 0 Å². The smallest absolute Gasteiger partial charge is 0.181 e. The van der Waals surface area contributed by atoms with Crippen molar-refractivity contribution in [1.82, 2.24) is 35.1 Å². The number of anilines is 1. The molecule has 5 aromatic heterocycles. The Labute approximate surface area is 214 Å². The van der Waals surface area contributed by atoms with Gasteiger partial charge in [0.15, 0.2) is 11.5 Å². The van der Waals surface area contributed by atoms with E-state index >= 15 is 0 Å². The van der Waals surface area contributed by atoms with Crippen molar-refractivity contribution < 1.29 is 0 Å². The van der Waals surface area contributed by atoms with E-state index in [-0.39, 0.29) is 0 Å². The molecule has 0 unspecified atom stereocenters. The topological polar surface area (TPSA) is 108 Å². The first-order chi connectivity index (χ1) is 18.1. The van der Waals surface area contributed by atoms with Crippen LogP contribution in [0.5, 0.6) is 0 Å². The van der Waals surface area contributed by atoms with Crippen molar-refractivity contribution in [2.24, 2.45) is 5.92 Å². The van der Waals surface area contributed by atoms with Gasteiger partial charge in [0, 0.05) is 52.9 Å². The molecule has 6 rings (SSSR count). The van der Waals surface area contributed by atoms with Gasteiger partial charge in [-0.2, -0.15) is 5.10 Å². The van der Waals surface area contributed by atoms with Crippen LogP contribution in [0.25, 0.3) is 39.3 Å². The lowest BCUT2D eigenvalue weighted by Crippen LogP contribution is -2.00. The van der Waals surface area contributed by atoms with Crippen LogP contribution in [0.1, 0.15) is 29.8 Å². The highest BCUT2D eigenvalue weighted by atomic mass is 15.2. The maximum Gasteiger partial charge on any atom is 0.181 e. The quantitative estimate of drug-likeness (QED) is 0.230. The number of aromatic nitrogens is 7. The van der Waals surface area contributed by atoms with Crippen LogP contribution >= 0.6 is 0 Å². The van der Waals surface area contributed by atoms with E-state index in [1.54, 1.807) is 18.5 Å². The van der Waals surface area contributed by atoms with Gasteiger partial charge in [0.1, 0.15) is 5.69 Å². The molecule has 1 fully saturated rings. The summed E-state index contributed by atoms with van der Waals surface area (Å²) >= 11 is 0. The minimum Gasteiger partial charge on any atom is -0.358 e. The molecule has 1 saturated carbocycles. The Hall–Kier alpha value is -4.85. The molecule has 0 amide bonds. The van der Waals surface area contributed by atoms with E-state index in [2.05, 4.69) is 60.7 Å². The molecule has 182 valence electrons. The van der Waals surface area contributed by atoms with Crippen molar-refractivity contribution in [3.63, 3.8) is 0 Å². The third-order valence-electron chi connectivity index (χ3n) is 6.51. The molecule has 0 radical (unpaired) electrons. The van der Waals surface area contributed by atoms with E-state index in [0.29, 0.717) is 17.4 Å². The number of pyridine rings is 3. The summed E-state index contributed by atoms with van der Waals surface area (Å²) in [7, 11) is 0. The van der Waals surface area contributed by atoms with Gasteiger partial charge in [0.25, 0.3) is 0 Å². The van der Waals surface area contributed by atoms with Crippen LogP contribution in [-0.2, 0) is 0 Å². The highest BCUT2D eigenvalue weighted by Crippen LogP contribution is 2.36. The summed E-state index contributed by atoms with van der Waals surface area (Å²) in [6, 6.07) is 8.06. The van der Waals surface area contributed by atoms with Crippen LogP contribution in [0.15, 0.2) is 86.3 Å². The average Bonchev–Trinajstić information content (AvgIpc) is 3.59. The van der Waals surface area contributed by atoms with E-state index in [1.807, 2.05) is 43.7 Å². The van der Waals surface area contributed by atoms with E-state index in [4.69, 9.17) is 4.98 Å². The Morgan fingerprint density at radius 2 is 1.89 bits per heavy atom. The summed E-state index contributed by atoms with van der Waals surface area (Å²) in [6.07, 6.45) is 15.1. The largest absolute Gasteiger partial charge is 0.358 e. The van der Waals surface area contributed by atoms with Crippen LogP contribution in [0.4, 0.5) is 5.69 Å². The fraction of sp³-hybridized carbons (Fsp3) is 0.138. The molecule has 0 saturated heterocycles. The number of fused-ring (bicyclic) bond motifs is 1. The molecule has 0 spiro atoms. The van der Waals surface area contributed by atoms with Crippen LogP contribution < -0.4 is 5.32 Å². The molecular formula is C29H26N8. The van der Waals surface area contributed by atoms with Gasteiger partial charge < -0.3 is 10.3 Å². The second kappa shape index (κ2) is 9.31. The number of aromatic amines is 2. The van der Waals surface area contributed by atoms with Crippen LogP contribution in [-0.4, -0.2) is 35.1 Å². The Bertz CT molecular complexity index is 1650. The van der Waals surface area contributed by atoms with Crippen LogP contribution in [0.2, 0.25) is 0 Å². The van der Waals surface area contributed by atoms with Gasteiger partial charge in [-0.25, -0.2) is 9.97 Å². The van der Waals surface area contributed by atoms with Crippen molar-refractivity contribution in [2.75, 3.05) is 5.32 Å². The SMILES string of the molecule is C=C/C=C(/c1ccncc1)c1nc(-c2[nH]nc3ncc(-c4cncc(NC(=C)C5CC5)c4)cc23)[nH]c1C. The molecule has 3 N–H and O–H groups in total. The number of aryl methyl sites for hydroxylation is 1. The Kier molecular flexibility index (Phi) is 5.69. The monoisotopic (exact) mass is 486 g/mol. The first-order valence-electron chi connectivity index (χ1n) is 12.2. The number of hydrogen-bond donors (Lipinski definition) is 3. The maximum atomic E-state index is 4.95. The zero-order valence-electron chi connectivity index (χ0n) is 20.5. The molecule has 5 heterocycles. The number of nitrogens with one attached hydrogen (secondary N) is 3. The highest BCUT2D eigenvalue weighted by Gasteiger charge is 2.24. The first kappa shape index (κ1) is 22.6. The van der Waals surface area contributed by atoms with E-state index < -0.39 is 0 Å². The number of allylic oxidation sites excluding steroid dienone is 3. The first-order valence-corrected chi connectivity index (χ1v) is 12.2. The van der Waals surface area contributed by atoms with E-state index in [9.17, 15) is 0 Å². The number of imidazole rings is 1. The summed E-state index contributed by atoms with van der Waals surface area (Å²) < 4.78 is 0. The Morgan fingerprint density at radius 3 is 2.68 bits per heavy atom. The third kappa shape index (κ3) is 4.45. The number of hydrogen-bond acceptors (Lipinski definition) is 6. The molecular weight excluding hydrogens is 460 g/mol. The average molecular weight is 487 g/mol. The van der Waals surface area contributed by atoms with Gasteiger partial charge in [-0.05, 0) is 55.5 Å². The summed E-state index contributed by atoms with van der Waals surface area (Å²) in [5.41, 5.74) is 9.01. The zero-order chi connectivity index (χ0) is 25.4. The van der Waals surface area contributed by atoms with Crippen LogP contribution in [0, 0.1) is 12.8 Å². The van der Waals surface area contributed by atoms with E-state index in [0.717, 1.165) is 56.1 Å². The minimum atomic E-state index is 0.567. The Morgan fingerprint density at radius 1 is 1.08 bits per heavy atom. The maximum absolute atomic E-state index is 4.95. The molecule has 8 nitrogen and oxygen atoms in total. The molecule has 37 heavy (non-hydrogen) atoms. The van der Waals surface area contributed by atoms with Gasteiger partial charge >= 0.3 is 0 Å². The molecule has 0 aliphatic heterocycles. The summed E-state index contributed by atoms with van der Waals surface area (Å²) in [5.74, 6) is 1.25. The van der Waals surface area contributed by atoms with Crippen molar-refractivity contribution in [2.45, 2.75) is 19.8 Å². The number of nitrogens with zero attached hydrogens (tertiary/aromatic N) is 5. The van der Waals surface area contributed by atoms with Gasteiger partial charge in [0.05, 0.1) is 23.0 Å². The fourth-order valence-corrected chi connectivity index (χ4v) is 4.43. The number of rotatable bonds is 8. The van der Waals surface area contributed by atoms with Crippen molar-refractivity contribution in [1.29, 1.82) is 0 Å². The van der Waals surface area contributed by atoms with Crippen molar-refractivity contribution in [3.05, 3.63) is 103 Å². The lowest BCUT2D eigenvalue weighted by molar-refractivity contribution is 1.02. The van der Waals surface area contributed by atoms with Crippen molar-refractivity contribution >= 4 is 22.3 Å². The molecule has 1 aliphatic rings. The predicted octanol–water partition coefficient (Wildman–Crippen LogP) is 6.07. The lowest BCUT2D eigenvalue weighted by Gasteiger charge is -2.09. The molecule has 0 atom stereocenters. The second-order valence-electron chi connectivity index (χ2n) is 9.19. The van der Waals surface area contributed by atoms with Gasteiger partial charge in [-0.1, -0.05) is 25.3 Å². The molecule has 8 heteroatoms. The summed E-state index contributed by atoms with van der Waals surface area (Å²) in [6.45, 7) is 10.0. The van der Waals surface area contributed by atoms with Crippen molar-refractivity contribution in [3.8, 4) is 22.6 Å². The molecule has 0 bridgehead atoms. The molecule has 0 aromatic carbocycles.